The monoisotopic (exact) mass is 479 g/mol. The van der Waals surface area contributed by atoms with Gasteiger partial charge in [-0.3, -0.25) is 9.69 Å². The molecule has 2 aliphatic heterocycles. The first kappa shape index (κ1) is 23.0. The molecular formula is C25H26FN5O4. The van der Waals surface area contributed by atoms with Crippen LogP contribution >= 0.6 is 0 Å². The number of carbonyl (C=O) groups is 1. The van der Waals surface area contributed by atoms with Gasteiger partial charge in [0.05, 0.1) is 18.3 Å². The number of hydrogen-bond donors (Lipinski definition) is 1. The fourth-order valence-electron chi connectivity index (χ4n) is 4.54. The number of anilines is 1. The Morgan fingerprint density at radius 1 is 1.31 bits per heavy atom. The Morgan fingerprint density at radius 2 is 2.14 bits per heavy atom. The van der Waals surface area contributed by atoms with Gasteiger partial charge >= 0.3 is 6.09 Å². The van der Waals surface area contributed by atoms with Gasteiger partial charge in [0.25, 0.3) is 5.56 Å². The summed E-state index contributed by atoms with van der Waals surface area (Å²) in [5, 5.41) is 4.09. The van der Waals surface area contributed by atoms with E-state index in [2.05, 4.69) is 21.9 Å². The molecule has 0 saturated carbocycles. The number of ether oxygens (including phenoxy) is 2. The lowest BCUT2D eigenvalue weighted by atomic mass is 10.0. The number of carbonyl (C=O) groups excluding carboxylic acids is 1. The zero-order valence-corrected chi connectivity index (χ0v) is 19.6. The van der Waals surface area contributed by atoms with Crippen LogP contribution in [-0.4, -0.2) is 53.0 Å². The highest BCUT2D eigenvalue weighted by molar-refractivity contribution is 5.88. The lowest BCUT2D eigenvalue weighted by Gasteiger charge is -2.19. The molecule has 1 N–H and O–H groups in total. The summed E-state index contributed by atoms with van der Waals surface area (Å²) in [5.41, 5.74) is 3.28. The van der Waals surface area contributed by atoms with E-state index >= 15 is 0 Å². The maximum absolute atomic E-state index is 14.7. The first-order valence-corrected chi connectivity index (χ1v) is 11.4. The molecule has 0 unspecified atom stereocenters. The topological polar surface area (TPSA) is 98.6 Å². The molecule has 0 bridgehead atoms. The summed E-state index contributed by atoms with van der Waals surface area (Å²) in [6.07, 6.45) is 1.55. The molecule has 4 heterocycles. The van der Waals surface area contributed by atoms with Gasteiger partial charge in [-0.2, -0.15) is 0 Å². The third-order valence-corrected chi connectivity index (χ3v) is 6.35. The number of nitrogens with one attached hydrogen (secondary N) is 1. The van der Waals surface area contributed by atoms with Crippen molar-refractivity contribution in [2.75, 3.05) is 31.1 Å². The number of nitrogens with zero attached hydrogens (tertiary/aromatic N) is 4. The Morgan fingerprint density at radius 3 is 2.97 bits per heavy atom. The Balaban J connectivity index is 1.22. The van der Waals surface area contributed by atoms with Gasteiger partial charge in [0.1, 0.15) is 24.2 Å². The number of rotatable bonds is 6. The average Bonchev–Trinajstić information content (AvgIpc) is 3.20. The minimum absolute atomic E-state index is 0.172. The number of halogens is 1. The fourth-order valence-corrected chi connectivity index (χ4v) is 4.54. The molecule has 3 aromatic rings. The van der Waals surface area contributed by atoms with E-state index in [1.165, 1.54) is 21.7 Å². The van der Waals surface area contributed by atoms with Crippen LogP contribution in [0.2, 0.25) is 0 Å². The largest absolute Gasteiger partial charge is 0.472 e. The van der Waals surface area contributed by atoms with Crippen molar-refractivity contribution in [2.45, 2.75) is 25.9 Å². The van der Waals surface area contributed by atoms with Gasteiger partial charge in [-0.05, 0) is 43.2 Å². The van der Waals surface area contributed by atoms with Crippen LogP contribution in [0.25, 0.3) is 10.9 Å². The second-order valence-electron chi connectivity index (χ2n) is 8.91. The second kappa shape index (κ2) is 9.10. The minimum atomic E-state index is -0.493. The minimum Gasteiger partial charge on any atom is -0.472 e. The van der Waals surface area contributed by atoms with Crippen LogP contribution in [-0.2, 0) is 24.6 Å². The van der Waals surface area contributed by atoms with Gasteiger partial charge in [-0.25, -0.2) is 19.2 Å². The maximum atomic E-state index is 14.7. The Kier molecular flexibility index (Phi) is 5.98. The van der Waals surface area contributed by atoms with Crippen LogP contribution in [0.3, 0.4) is 0 Å². The fraction of sp³-hybridized carbons (Fsp3) is 0.360. The third kappa shape index (κ3) is 4.37. The van der Waals surface area contributed by atoms with Crippen LogP contribution in [0, 0.1) is 12.7 Å². The predicted octanol–water partition coefficient (Wildman–Crippen LogP) is 2.42. The molecule has 1 aromatic carbocycles. The van der Waals surface area contributed by atoms with Crippen molar-refractivity contribution in [3.8, 4) is 5.88 Å². The third-order valence-electron chi connectivity index (χ3n) is 6.35. The molecule has 9 nitrogen and oxygen atoms in total. The second-order valence-corrected chi connectivity index (χ2v) is 8.91. The summed E-state index contributed by atoms with van der Waals surface area (Å²) in [6.45, 7) is 7.34. The molecule has 1 fully saturated rings. The molecule has 10 heteroatoms. The van der Waals surface area contributed by atoms with E-state index < -0.39 is 12.2 Å². The van der Waals surface area contributed by atoms with Crippen molar-refractivity contribution in [3.05, 3.63) is 69.5 Å². The summed E-state index contributed by atoms with van der Waals surface area (Å²) in [5.74, 6) is 0.514. The quantitative estimate of drug-likeness (QED) is 0.428. The molecule has 182 valence electrons. The van der Waals surface area contributed by atoms with Crippen LogP contribution in [0.5, 0.6) is 5.88 Å². The van der Waals surface area contributed by atoms with Crippen molar-refractivity contribution in [3.63, 3.8) is 0 Å². The molecule has 2 aromatic heterocycles. The summed E-state index contributed by atoms with van der Waals surface area (Å²) < 4.78 is 27.1. The van der Waals surface area contributed by atoms with E-state index in [9.17, 15) is 14.0 Å². The molecule has 0 aliphatic carbocycles. The van der Waals surface area contributed by atoms with E-state index in [4.69, 9.17) is 9.47 Å². The summed E-state index contributed by atoms with van der Waals surface area (Å²) in [6, 6.07) is 4.69. The number of cyclic esters (lactones) is 1. The van der Waals surface area contributed by atoms with Gasteiger partial charge in [-0.1, -0.05) is 6.58 Å². The van der Waals surface area contributed by atoms with Crippen molar-refractivity contribution in [1.29, 1.82) is 0 Å². The summed E-state index contributed by atoms with van der Waals surface area (Å²) >= 11 is 0. The van der Waals surface area contributed by atoms with E-state index in [0.717, 1.165) is 16.5 Å². The normalized spacial score (nSPS) is 17.5. The van der Waals surface area contributed by atoms with Crippen molar-refractivity contribution < 1.29 is 18.7 Å². The zero-order valence-electron chi connectivity index (χ0n) is 19.6. The van der Waals surface area contributed by atoms with Crippen LogP contribution in [0.15, 0.2) is 41.3 Å². The first-order chi connectivity index (χ1) is 16.8. The van der Waals surface area contributed by atoms with Gasteiger partial charge < -0.3 is 19.4 Å². The molecule has 1 atom stereocenters. The smallest absolute Gasteiger partial charge is 0.416 e. The highest BCUT2D eigenvalue weighted by Gasteiger charge is 2.34. The van der Waals surface area contributed by atoms with Gasteiger partial charge in [-0.15, -0.1) is 0 Å². The van der Waals surface area contributed by atoms with E-state index in [-0.39, 0.29) is 11.4 Å². The van der Waals surface area contributed by atoms with E-state index in [1.54, 1.807) is 19.2 Å². The standard InChI is InChI=1S/C25H26FN5O4/c1-14-8-20-24(34-13-14)28-11-21(29-20)31-12-16(35-25(31)33)10-27-7-6-18-19(26)5-4-17-15(2)9-22(32)30(3)23(17)18/h4-5,9,11,16,27H,1,6-8,10,12-13H2,2-3H3/t16-/m0/s1. The van der Waals surface area contributed by atoms with Crippen LogP contribution in [0.1, 0.15) is 16.8 Å². The number of pyridine rings is 1. The number of aryl methyl sites for hydroxylation is 2. The molecule has 35 heavy (non-hydrogen) atoms. The van der Waals surface area contributed by atoms with Crippen molar-refractivity contribution in [2.24, 2.45) is 7.05 Å². The highest BCUT2D eigenvalue weighted by atomic mass is 19.1. The number of fused-ring (bicyclic) bond motifs is 2. The highest BCUT2D eigenvalue weighted by Crippen LogP contribution is 2.27. The van der Waals surface area contributed by atoms with Gasteiger partial charge in [0.2, 0.25) is 5.88 Å². The molecular weight excluding hydrogens is 453 g/mol. The van der Waals surface area contributed by atoms with Crippen molar-refractivity contribution in [1.82, 2.24) is 19.9 Å². The Hall–Kier alpha value is -3.79. The lowest BCUT2D eigenvalue weighted by Crippen LogP contribution is -2.32. The van der Waals surface area contributed by atoms with E-state index in [0.29, 0.717) is 67.6 Å². The molecule has 2 aliphatic rings. The van der Waals surface area contributed by atoms with Crippen LogP contribution < -0.4 is 20.5 Å². The Bertz CT molecular complexity index is 1400. The number of benzene rings is 1. The average molecular weight is 480 g/mol. The first-order valence-electron chi connectivity index (χ1n) is 11.4. The van der Waals surface area contributed by atoms with E-state index in [1.807, 2.05) is 6.92 Å². The molecule has 0 radical (unpaired) electrons. The Labute approximate surface area is 201 Å². The lowest BCUT2D eigenvalue weighted by molar-refractivity contribution is 0.140. The van der Waals surface area contributed by atoms with Gasteiger partial charge in [0, 0.05) is 37.0 Å². The van der Waals surface area contributed by atoms with Crippen LogP contribution in [0.4, 0.5) is 15.0 Å². The number of aromatic nitrogens is 3. The molecule has 1 saturated heterocycles. The van der Waals surface area contributed by atoms with Crippen molar-refractivity contribution >= 4 is 22.8 Å². The molecule has 0 spiro atoms. The van der Waals surface area contributed by atoms with Gasteiger partial charge in [0.15, 0.2) is 5.82 Å². The molecule has 1 amide bonds. The molecule has 5 rings (SSSR count). The summed E-state index contributed by atoms with van der Waals surface area (Å²) in [7, 11) is 1.65. The number of hydrogen-bond acceptors (Lipinski definition) is 7. The maximum Gasteiger partial charge on any atom is 0.416 e. The number of amides is 1. The SMILES string of the molecule is C=C1COc2ncc(N3C[C@H](CNCCc4c(F)ccc5c(C)cc(=O)n(C)c45)OC3=O)nc2C1. The zero-order chi connectivity index (χ0) is 24.7. The predicted molar refractivity (Wildman–Crippen MR) is 128 cm³/mol. The summed E-state index contributed by atoms with van der Waals surface area (Å²) in [4.78, 5) is 34.9.